The van der Waals surface area contributed by atoms with Gasteiger partial charge in [0.1, 0.15) is 0 Å². The second kappa shape index (κ2) is 3.64. The SMILES string of the molecule is F[C](F)(F)[GeH]([C]1=[C]CC=C1)[C](F)(F)F. The van der Waals surface area contributed by atoms with Crippen molar-refractivity contribution in [3.8, 4) is 0 Å². The molecule has 0 heterocycles. The molecule has 0 bridgehead atoms. The summed E-state index contributed by atoms with van der Waals surface area (Å²) in [7, 11) is 0. The Morgan fingerprint density at radius 1 is 1.07 bits per heavy atom. The predicted octanol–water partition coefficient (Wildman–Crippen LogP) is 2.65. The van der Waals surface area contributed by atoms with Crippen LogP contribution in [0.25, 0.3) is 0 Å². The summed E-state index contributed by atoms with van der Waals surface area (Å²) in [6.07, 6.45) is 4.31. The van der Waals surface area contributed by atoms with Crippen LogP contribution in [-0.4, -0.2) is 24.4 Å². The Balaban J connectivity index is 3.00. The summed E-state index contributed by atoms with van der Waals surface area (Å²) < 4.78 is 72.2. The molecule has 79 valence electrons. The molecule has 1 rings (SSSR count). The molecular weight excluding hydrogens is 271 g/mol. The standard InChI is InChI=1S/C7H5F6Ge/c8-6(9,10)14(7(11,12)13)5-3-1-2-4-5/h1,3,14H,2H2. The third kappa shape index (κ3) is 2.55. The summed E-state index contributed by atoms with van der Waals surface area (Å²) >= 11 is -5.48. The van der Waals surface area contributed by atoms with E-state index < -0.39 is 28.8 Å². The molecule has 0 aromatic heterocycles. The fourth-order valence-corrected chi connectivity index (χ4v) is 4.78. The number of rotatable bonds is 1. The van der Waals surface area contributed by atoms with Crippen LogP contribution in [0.4, 0.5) is 26.3 Å². The Labute approximate surface area is 80.4 Å². The van der Waals surface area contributed by atoms with E-state index in [-0.39, 0.29) is 6.42 Å². The predicted molar refractivity (Wildman–Crippen MR) is 39.8 cm³/mol. The van der Waals surface area contributed by atoms with Crippen molar-refractivity contribution in [1.29, 1.82) is 0 Å². The van der Waals surface area contributed by atoms with Gasteiger partial charge in [-0.3, -0.25) is 0 Å². The van der Waals surface area contributed by atoms with E-state index in [0.29, 0.717) is 0 Å². The molecule has 7 heteroatoms. The topological polar surface area (TPSA) is 0 Å². The van der Waals surface area contributed by atoms with E-state index >= 15 is 0 Å². The van der Waals surface area contributed by atoms with Gasteiger partial charge in [-0.05, 0) is 0 Å². The Morgan fingerprint density at radius 2 is 1.57 bits per heavy atom. The summed E-state index contributed by atoms with van der Waals surface area (Å²) in [6, 6.07) is 0. The first-order valence-electron chi connectivity index (χ1n) is 3.63. The molecule has 0 saturated carbocycles. The van der Waals surface area contributed by atoms with Crippen molar-refractivity contribution in [2.24, 2.45) is 0 Å². The van der Waals surface area contributed by atoms with E-state index in [1.807, 2.05) is 0 Å². The van der Waals surface area contributed by atoms with E-state index in [4.69, 9.17) is 0 Å². The van der Waals surface area contributed by atoms with E-state index in [0.717, 1.165) is 6.08 Å². The molecular formula is C7H5F6Ge. The molecule has 0 spiro atoms. The summed E-state index contributed by atoms with van der Waals surface area (Å²) in [5, 5.41) is -10.2. The van der Waals surface area contributed by atoms with Gasteiger partial charge in [0.25, 0.3) is 0 Å². The first-order valence-corrected chi connectivity index (χ1v) is 7.27. The number of alkyl halides is 6. The first-order chi connectivity index (χ1) is 6.23. The molecule has 0 aliphatic heterocycles. The van der Waals surface area contributed by atoms with Gasteiger partial charge in [0, 0.05) is 0 Å². The van der Waals surface area contributed by atoms with Gasteiger partial charge >= 0.3 is 79.8 Å². The fraction of sp³-hybridized carbons (Fsp3) is 0.429. The molecule has 0 saturated heterocycles. The molecule has 0 unspecified atom stereocenters. The van der Waals surface area contributed by atoms with E-state index in [1.54, 1.807) is 0 Å². The van der Waals surface area contributed by atoms with Crippen LogP contribution in [0.15, 0.2) is 16.6 Å². The molecule has 1 aliphatic rings. The molecule has 0 amide bonds. The number of halogens is 6. The van der Waals surface area contributed by atoms with Gasteiger partial charge in [-0.15, -0.1) is 0 Å². The molecule has 1 radical (unpaired) electrons. The quantitative estimate of drug-likeness (QED) is 0.510. The van der Waals surface area contributed by atoms with Gasteiger partial charge in [-0.1, -0.05) is 0 Å². The minimum absolute atomic E-state index is 0.0449. The van der Waals surface area contributed by atoms with Crippen LogP contribution in [-0.2, 0) is 0 Å². The van der Waals surface area contributed by atoms with Crippen LogP contribution in [0.2, 0.25) is 0 Å². The second-order valence-corrected chi connectivity index (χ2v) is 8.62. The van der Waals surface area contributed by atoms with Crippen LogP contribution in [0.5, 0.6) is 0 Å². The number of hydrogen-bond acceptors (Lipinski definition) is 0. The molecule has 0 aromatic rings. The molecule has 1 aliphatic carbocycles. The Kier molecular flexibility index (Phi) is 3.03. The van der Waals surface area contributed by atoms with Crippen LogP contribution >= 0.6 is 0 Å². The van der Waals surface area contributed by atoms with Crippen molar-refractivity contribution in [1.82, 2.24) is 0 Å². The third-order valence-electron chi connectivity index (χ3n) is 1.69. The molecule has 14 heavy (non-hydrogen) atoms. The van der Waals surface area contributed by atoms with Gasteiger partial charge in [0.05, 0.1) is 0 Å². The van der Waals surface area contributed by atoms with Crippen molar-refractivity contribution >= 4 is 14.3 Å². The molecule has 0 nitrogen and oxygen atoms in total. The summed E-state index contributed by atoms with van der Waals surface area (Å²) in [5.41, 5.74) is 0. The Bertz CT molecular complexity index is 257. The third-order valence-corrected chi connectivity index (χ3v) is 6.57. The molecule has 0 aromatic carbocycles. The number of hydrogen-bond donors (Lipinski definition) is 0. The zero-order chi connectivity index (χ0) is 11.0. The molecule has 0 N–H and O–H groups in total. The van der Waals surface area contributed by atoms with E-state index in [2.05, 4.69) is 6.08 Å². The van der Waals surface area contributed by atoms with Crippen molar-refractivity contribution < 1.29 is 26.3 Å². The van der Waals surface area contributed by atoms with Gasteiger partial charge in [0.2, 0.25) is 0 Å². The van der Waals surface area contributed by atoms with E-state index in [1.165, 1.54) is 6.08 Å². The monoisotopic (exact) mass is 277 g/mol. The Morgan fingerprint density at radius 3 is 1.86 bits per heavy atom. The van der Waals surface area contributed by atoms with Crippen LogP contribution in [0.1, 0.15) is 6.42 Å². The van der Waals surface area contributed by atoms with Gasteiger partial charge < -0.3 is 0 Å². The summed E-state index contributed by atoms with van der Waals surface area (Å²) in [5.74, 6) is 0. The minimum atomic E-state index is -5.48. The maximum absolute atomic E-state index is 12.1. The van der Waals surface area contributed by atoms with Crippen molar-refractivity contribution in [2.75, 3.05) is 0 Å². The average Bonchev–Trinajstić information content (AvgIpc) is 2.31. The summed E-state index contributed by atoms with van der Waals surface area (Å²) in [6.45, 7) is 0. The summed E-state index contributed by atoms with van der Waals surface area (Å²) in [4.78, 5) is 0. The molecule has 0 atom stereocenters. The van der Waals surface area contributed by atoms with Gasteiger partial charge in [0.15, 0.2) is 0 Å². The van der Waals surface area contributed by atoms with Crippen LogP contribution in [0.3, 0.4) is 0 Å². The van der Waals surface area contributed by atoms with Gasteiger partial charge in [-0.25, -0.2) is 0 Å². The Hall–Kier alpha value is -0.397. The van der Waals surface area contributed by atoms with Crippen molar-refractivity contribution in [2.45, 2.75) is 16.4 Å². The van der Waals surface area contributed by atoms with Crippen molar-refractivity contribution in [3.05, 3.63) is 22.6 Å². The zero-order valence-electron chi connectivity index (χ0n) is 6.71. The fourth-order valence-electron chi connectivity index (χ4n) is 1.16. The number of allylic oxidation sites excluding steroid dienone is 4. The van der Waals surface area contributed by atoms with Crippen LogP contribution in [0, 0.1) is 6.08 Å². The maximum atomic E-state index is 12.1. The van der Waals surface area contributed by atoms with Crippen molar-refractivity contribution in [3.63, 3.8) is 0 Å². The van der Waals surface area contributed by atoms with E-state index in [9.17, 15) is 26.3 Å². The van der Waals surface area contributed by atoms with Crippen LogP contribution < -0.4 is 0 Å². The zero-order valence-corrected chi connectivity index (χ0v) is 9.13. The first kappa shape index (κ1) is 11.7. The van der Waals surface area contributed by atoms with Gasteiger partial charge in [-0.2, -0.15) is 0 Å². The average molecular weight is 276 g/mol. The molecule has 0 fully saturated rings. The second-order valence-electron chi connectivity index (χ2n) is 2.75. The normalized spacial score (nSPS) is 17.8.